The lowest BCUT2D eigenvalue weighted by atomic mass is 9.88. The zero-order valence-corrected chi connectivity index (χ0v) is 17.5. The Kier molecular flexibility index (Phi) is 6.53. The third-order valence-corrected chi connectivity index (χ3v) is 5.29. The van der Waals surface area contributed by atoms with Gasteiger partial charge in [-0.3, -0.25) is 10.1 Å². The van der Waals surface area contributed by atoms with Crippen molar-refractivity contribution in [2.45, 2.75) is 32.1 Å². The van der Waals surface area contributed by atoms with Gasteiger partial charge in [0, 0.05) is 12.3 Å². The summed E-state index contributed by atoms with van der Waals surface area (Å²) in [6.45, 7) is 2.13. The summed E-state index contributed by atoms with van der Waals surface area (Å²) in [6.07, 6.45) is 1.82. The van der Waals surface area contributed by atoms with Crippen LogP contribution in [0.15, 0.2) is 89.3 Å². The molecule has 1 N–H and O–H groups in total. The molecule has 156 valence electrons. The van der Waals surface area contributed by atoms with Crippen LogP contribution in [0.4, 0.5) is 6.01 Å². The SMILES string of the molecule is CCc1ccc(Cc2nnc(NC(=O)CC(c3ccccc3)c3ccccc3)o2)cc1. The molecule has 4 aromatic rings. The van der Waals surface area contributed by atoms with Crippen LogP contribution in [0.5, 0.6) is 0 Å². The molecular formula is C26H25N3O2. The molecule has 0 saturated carbocycles. The summed E-state index contributed by atoms with van der Waals surface area (Å²) in [5, 5.41) is 10.8. The van der Waals surface area contributed by atoms with Gasteiger partial charge < -0.3 is 4.42 Å². The maximum absolute atomic E-state index is 12.8. The minimum Gasteiger partial charge on any atom is -0.407 e. The first-order valence-corrected chi connectivity index (χ1v) is 10.5. The zero-order valence-electron chi connectivity index (χ0n) is 17.5. The second-order valence-electron chi connectivity index (χ2n) is 7.47. The molecule has 0 aliphatic carbocycles. The first-order valence-electron chi connectivity index (χ1n) is 10.5. The number of amides is 1. The quantitative estimate of drug-likeness (QED) is 0.422. The van der Waals surface area contributed by atoms with Gasteiger partial charge in [0.15, 0.2) is 0 Å². The minimum absolute atomic E-state index is 0.0538. The maximum atomic E-state index is 12.8. The lowest BCUT2D eigenvalue weighted by molar-refractivity contribution is -0.116. The van der Waals surface area contributed by atoms with Crippen molar-refractivity contribution in [3.63, 3.8) is 0 Å². The Bertz CT molecular complexity index is 1070. The second-order valence-corrected chi connectivity index (χ2v) is 7.47. The van der Waals surface area contributed by atoms with Crippen molar-refractivity contribution in [3.05, 3.63) is 113 Å². The van der Waals surface area contributed by atoms with E-state index in [1.807, 2.05) is 60.7 Å². The summed E-state index contributed by atoms with van der Waals surface area (Å²) in [5.74, 6) is 0.254. The number of carbonyl (C=O) groups is 1. The molecule has 0 atom stereocenters. The van der Waals surface area contributed by atoms with Crippen LogP contribution in [0, 0.1) is 0 Å². The fourth-order valence-corrected chi connectivity index (χ4v) is 3.60. The van der Waals surface area contributed by atoms with Gasteiger partial charge in [0.2, 0.25) is 11.8 Å². The molecule has 0 aliphatic rings. The van der Waals surface area contributed by atoms with E-state index in [4.69, 9.17) is 4.42 Å². The van der Waals surface area contributed by atoms with Crippen molar-refractivity contribution >= 4 is 11.9 Å². The molecule has 0 saturated heterocycles. The molecule has 5 heteroatoms. The predicted octanol–water partition coefficient (Wildman–Crippen LogP) is 5.38. The van der Waals surface area contributed by atoms with Crippen LogP contribution in [0.2, 0.25) is 0 Å². The predicted molar refractivity (Wildman–Crippen MR) is 121 cm³/mol. The molecule has 5 nitrogen and oxygen atoms in total. The van der Waals surface area contributed by atoms with Gasteiger partial charge in [-0.05, 0) is 28.7 Å². The van der Waals surface area contributed by atoms with Crippen LogP contribution in [0.25, 0.3) is 0 Å². The number of aromatic nitrogens is 2. The summed E-state index contributed by atoms with van der Waals surface area (Å²) >= 11 is 0. The standard InChI is InChI=1S/C26H25N3O2/c1-2-19-13-15-20(16-14-19)17-25-28-29-26(31-25)27-24(30)18-23(21-9-5-3-6-10-21)22-11-7-4-8-12-22/h3-16,23H,2,17-18H2,1H3,(H,27,29,30). The Balaban J connectivity index is 1.42. The van der Waals surface area contributed by atoms with Crippen LogP contribution >= 0.6 is 0 Å². The molecule has 0 fully saturated rings. The number of nitrogens with one attached hydrogen (secondary N) is 1. The van der Waals surface area contributed by atoms with Gasteiger partial charge in [-0.25, -0.2) is 0 Å². The number of hydrogen-bond donors (Lipinski definition) is 1. The Morgan fingerprint density at radius 1 is 0.839 bits per heavy atom. The number of anilines is 1. The highest BCUT2D eigenvalue weighted by Gasteiger charge is 2.19. The van der Waals surface area contributed by atoms with E-state index in [0.717, 1.165) is 23.1 Å². The number of rotatable bonds is 8. The molecule has 4 rings (SSSR count). The third kappa shape index (κ3) is 5.45. The van der Waals surface area contributed by atoms with Crippen LogP contribution < -0.4 is 5.32 Å². The number of aryl methyl sites for hydroxylation is 1. The molecule has 0 spiro atoms. The molecule has 1 amide bonds. The summed E-state index contributed by atoms with van der Waals surface area (Å²) in [6, 6.07) is 28.5. The summed E-state index contributed by atoms with van der Waals surface area (Å²) < 4.78 is 5.65. The Morgan fingerprint density at radius 3 is 2.00 bits per heavy atom. The van der Waals surface area contributed by atoms with Crippen molar-refractivity contribution in [2.24, 2.45) is 0 Å². The molecule has 1 heterocycles. The molecule has 31 heavy (non-hydrogen) atoms. The lowest BCUT2D eigenvalue weighted by Crippen LogP contribution is -2.16. The fourth-order valence-electron chi connectivity index (χ4n) is 3.60. The monoisotopic (exact) mass is 411 g/mol. The maximum Gasteiger partial charge on any atom is 0.322 e. The van der Waals surface area contributed by atoms with E-state index >= 15 is 0 Å². The van der Waals surface area contributed by atoms with E-state index in [9.17, 15) is 4.79 Å². The van der Waals surface area contributed by atoms with Crippen LogP contribution in [0.1, 0.15) is 47.4 Å². The smallest absolute Gasteiger partial charge is 0.322 e. The molecule has 0 radical (unpaired) electrons. The molecule has 0 bridgehead atoms. The van der Waals surface area contributed by atoms with Crippen LogP contribution in [-0.4, -0.2) is 16.1 Å². The van der Waals surface area contributed by atoms with Crippen LogP contribution in [0.3, 0.4) is 0 Å². The topological polar surface area (TPSA) is 68.0 Å². The first kappa shape index (κ1) is 20.5. The highest BCUT2D eigenvalue weighted by Crippen LogP contribution is 2.28. The summed E-state index contributed by atoms with van der Waals surface area (Å²) in [5.41, 5.74) is 4.55. The number of benzene rings is 3. The van der Waals surface area contributed by atoms with Gasteiger partial charge in [0.05, 0.1) is 6.42 Å². The summed E-state index contributed by atoms with van der Waals surface area (Å²) in [4.78, 5) is 12.8. The van der Waals surface area contributed by atoms with Crippen molar-refractivity contribution in [1.82, 2.24) is 10.2 Å². The third-order valence-electron chi connectivity index (χ3n) is 5.29. The fraction of sp³-hybridized carbons (Fsp3) is 0.192. The highest BCUT2D eigenvalue weighted by molar-refractivity contribution is 5.89. The molecule has 1 aromatic heterocycles. The van der Waals surface area contributed by atoms with E-state index < -0.39 is 0 Å². The van der Waals surface area contributed by atoms with Crippen LogP contribution in [-0.2, 0) is 17.6 Å². The molecule has 0 aliphatic heterocycles. The van der Waals surface area contributed by atoms with Gasteiger partial charge >= 0.3 is 6.01 Å². The molecular weight excluding hydrogens is 386 g/mol. The molecule has 3 aromatic carbocycles. The lowest BCUT2D eigenvalue weighted by Gasteiger charge is -2.17. The van der Waals surface area contributed by atoms with Gasteiger partial charge in [-0.2, -0.15) is 0 Å². The first-order chi connectivity index (χ1) is 15.2. The van der Waals surface area contributed by atoms with Gasteiger partial charge in [0.1, 0.15) is 0 Å². The van der Waals surface area contributed by atoms with Crippen molar-refractivity contribution in [3.8, 4) is 0 Å². The minimum atomic E-state index is -0.166. The average Bonchev–Trinajstić information content (AvgIpc) is 3.25. The number of hydrogen-bond acceptors (Lipinski definition) is 4. The Morgan fingerprint density at radius 2 is 1.42 bits per heavy atom. The molecule has 0 unspecified atom stereocenters. The zero-order chi connectivity index (χ0) is 21.5. The second kappa shape index (κ2) is 9.85. The van der Waals surface area contributed by atoms with Crippen molar-refractivity contribution in [1.29, 1.82) is 0 Å². The van der Waals surface area contributed by atoms with Crippen molar-refractivity contribution < 1.29 is 9.21 Å². The number of carbonyl (C=O) groups excluding carboxylic acids is 1. The van der Waals surface area contributed by atoms with E-state index in [-0.39, 0.29) is 24.3 Å². The van der Waals surface area contributed by atoms with E-state index in [1.165, 1.54) is 5.56 Å². The van der Waals surface area contributed by atoms with E-state index in [2.05, 4.69) is 46.7 Å². The average molecular weight is 412 g/mol. The van der Waals surface area contributed by atoms with Gasteiger partial charge in [-0.1, -0.05) is 97.0 Å². The summed E-state index contributed by atoms with van der Waals surface area (Å²) in [7, 11) is 0. The van der Waals surface area contributed by atoms with E-state index in [0.29, 0.717) is 12.3 Å². The highest BCUT2D eigenvalue weighted by atomic mass is 16.4. The number of nitrogens with zero attached hydrogens (tertiary/aromatic N) is 2. The van der Waals surface area contributed by atoms with Crippen molar-refractivity contribution in [2.75, 3.05) is 5.32 Å². The largest absolute Gasteiger partial charge is 0.407 e. The van der Waals surface area contributed by atoms with Gasteiger partial charge in [-0.15, -0.1) is 5.10 Å². The Labute approximate surface area is 182 Å². The Hall–Kier alpha value is -3.73. The van der Waals surface area contributed by atoms with Gasteiger partial charge in [0.25, 0.3) is 0 Å². The normalized spacial score (nSPS) is 10.9. The van der Waals surface area contributed by atoms with E-state index in [1.54, 1.807) is 0 Å².